The summed E-state index contributed by atoms with van der Waals surface area (Å²) in [7, 11) is 1.61. The predicted molar refractivity (Wildman–Crippen MR) is 61.6 cm³/mol. The molecule has 0 saturated heterocycles. The number of nitrogens with zero attached hydrogens (tertiary/aromatic N) is 1. The van der Waals surface area contributed by atoms with Gasteiger partial charge in [-0.05, 0) is 25.7 Å². The fraction of sp³-hybridized carbons (Fsp3) is 0.818. The second-order valence-corrected chi connectivity index (χ2v) is 4.82. The van der Waals surface area contributed by atoms with E-state index in [2.05, 4.69) is 5.32 Å². The molecule has 0 aliphatic heterocycles. The maximum absolute atomic E-state index is 11.7. The molecule has 2 amide bonds. The van der Waals surface area contributed by atoms with Crippen molar-refractivity contribution in [1.82, 2.24) is 10.2 Å². The lowest BCUT2D eigenvalue weighted by Gasteiger charge is -2.30. The first-order valence-corrected chi connectivity index (χ1v) is 5.62. The zero-order chi connectivity index (χ0) is 12.3. The van der Waals surface area contributed by atoms with Crippen LogP contribution in [0.3, 0.4) is 0 Å². The van der Waals surface area contributed by atoms with Crippen molar-refractivity contribution in [2.45, 2.75) is 32.2 Å². The molecule has 0 spiro atoms. The van der Waals surface area contributed by atoms with Gasteiger partial charge in [-0.1, -0.05) is 0 Å². The molecule has 92 valence electrons. The second-order valence-electron chi connectivity index (χ2n) is 4.82. The average molecular weight is 227 g/mol. The number of nitrogens with two attached hydrogens (primary N) is 1. The molecule has 5 nitrogen and oxygen atoms in total. The van der Waals surface area contributed by atoms with Crippen LogP contribution in [0.4, 0.5) is 0 Å². The van der Waals surface area contributed by atoms with E-state index in [1.807, 2.05) is 6.92 Å². The minimum absolute atomic E-state index is 0.0949. The zero-order valence-corrected chi connectivity index (χ0v) is 10.2. The first-order chi connectivity index (χ1) is 7.39. The number of carbonyl (C=O) groups excluding carboxylic acids is 2. The first-order valence-electron chi connectivity index (χ1n) is 5.62. The summed E-state index contributed by atoms with van der Waals surface area (Å²) in [5.74, 6) is 0.234. The van der Waals surface area contributed by atoms with E-state index in [0.717, 1.165) is 12.8 Å². The topological polar surface area (TPSA) is 75.4 Å². The van der Waals surface area contributed by atoms with E-state index in [9.17, 15) is 9.59 Å². The highest BCUT2D eigenvalue weighted by molar-refractivity contribution is 5.84. The van der Waals surface area contributed by atoms with Gasteiger partial charge in [0.25, 0.3) is 0 Å². The van der Waals surface area contributed by atoms with Crippen molar-refractivity contribution in [1.29, 1.82) is 0 Å². The SMILES string of the molecule is CC(=O)N(C)CC(=O)NC(C)(CN)C1CC1. The van der Waals surface area contributed by atoms with Crippen molar-refractivity contribution in [3.8, 4) is 0 Å². The molecular formula is C11H21N3O2. The van der Waals surface area contributed by atoms with Crippen LogP contribution < -0.4 is 11.1 Å². The fourth-order valence-corrected chi connectivity index (χ4v) is 1.72. The maximum Gasteiger partial charge on any atom is 0.240 e. The Morgan fingerprint density at radius 3 is 2.44 bits per heavy atom. The maximum atomic E-state index is 11.7. The number of likely N-dealkylation sites (N-methyl/N-ethyl adjacent to an activating group) is 1. The van der Waals surface area contributed by atoms with E-state index in [1.54, 1.807) is 7.05 Å². The standard InChI is InChI=1S/C11H21N3O2/c1-8(15)14(3)6-10(16)13-11(2,7-12)9-4-5-9/h9H,4-7,12H2,1-3H3,(H,13,16). The Bertz CT molecular complexity index is 289. The van der Waals surface area contributed by atoms with E-state index < -0.39 is 0 Å². The van der Waals surface area contributed by atoms with Gasteiger partial charge in [-0.3, -0.25) is 9.59 Å². The molecule has 1 fully saturated rings. The lowest BCUT2D eigenvalue weighted by molar-refractivity contribution is -0.133. The van der Waals surface area contributed by atoms with Crippen molar-refractivity contribution in [3.63, 3.8) is 0 Å². The molecule has 0 radical (unpaired) electrons. The number of rotatable bonds is 5. The van der Waals surface area contributed by atoms with Crippen molar-refractivity contribution in [2.75, 3.05) is 20.1 Å². The Kier molecular flexibility index (Phi) is 3.91. The summed E-state index contributed by atoms with van der Waals surface area (Å²) >= 11 is 0. The number of amides is 2. The van der Waals surface area contributed by atoms with Crippen LogP contribution >= 0.6 is 0 Å². The van der Waals surface area contributed by atoms with Crippen molar-refractivity contribution >= 4 is 11.8 Å². The molecule has 1 saturated carbocycles. The Labute approximate surface area is 96.4 Å². The van der Waals surface area contributed by atoms with Crippen LogP contribution in [-0.4, -0.2) is 42.4 Å². The molecule has 0 bridgehead atoms. The summed E-state index contributed by atoms with van der Waals surface area (Å²) in [6.07, 6.45) is 2.24. The van der Waals surface area contributed by atoms with Crippen LogP contribution in [0.15, 0.2) is 0 Å². The van der Waals surface area contributed by atoms with Gasteiger partial charge in [0.1, 0.15) is 0 Å². The van der Waals surface area contributed by atoms with Gasteiger partial charge in [-0.15, -0.1) is 0 Å². The van der Waals surface area contributed by atoms with Gasteiger partial charge in [0.15, 0.2) is 0 Å². The Morgan fingerprint density at radius 1 is 1.50 bits per heavy atom. The molecular weight excluding hydrogens is 206 g/mol. The summed E-state index contributed by atoms with van der Waals surface area (Å²) in [6.45, 7) is 3.94. The Hall–Kier alpha value is -1.10. The van der Waals surface area contributed by atoms with E-state index in [1.165, 1.54) is 11.8 Å². The summed E-state index contributed by atoms with van der Waals surface area (Å²) in [4.78, 5) is 24.1. The number of carbonyl (C=O) groups is 2. The van der Waals surface area contributed by atoms with E-state index in [4.69, 9.17) is 5.73 Å². The van der Waals surface area contributed by atoms with Crippen LogP contribution in [0.25, 0.3) is 0 Å². The Balaban J connectivity index is 2.46. The molecule has 5 heteroatoms. The van der Waals surface area contributed by atoms with Gasteiger partial charge in [-0.2, -0.15) is 0 Å². The van der Waals surface area contributed by atoms with Crippen LogP contribution in [0.2, 0.25) is 0 Å². The van der Waals surface area contributed by atoms with Gasteiger partial charge < -0.3 is 16.0 Å². The highest BCUT2D eigenvalue weighted by Crippen LogP contribution is 2.38. The Morgan fingerprint density at radius 2 is 2.06 bits per heavy atom. The summed E-state index contributed by atoms with van der Waals surface area (Å²) in [6, 6.07) is 0. The van der Waals surface area contributed by atoms with E-state index >= 15 is 0 Å². The lowest BCUT2D eigenvalue weighted by atomic mass is 9.96. The molecule has 1 unspecified atom stereocenters. The van der Waals surface area contributed by atoms with Crippen LogP contribution in [0.5, 0.6) is 0 Å². The highest BCUT2D eigenvalue weighted by Gasteiger charge is 2.41. The minimum Gasteiger partial charge on any atom is -0.348 e. The molecule has 0 aromatic carbocycles. The molecule has 3 N–H and O–H groups in total. The molecule has 16 heavy (non-hydrogen) atoms. The largest absolute Gasteiger partial charge is 0.348 e. The monoisotopic (exact) mass is 227 g/mol. The fourth-order valence-electron chi connectivity index (χ4n) is 1.72. The summed E-state index contributed by atoms with van der Waals surface area (Å²) in [5, 5.41) is 2.93. The van der Waals surface area contributed by atoms with Crippen LogP contribution in [0.1, 0.15) is 26.7 Å². The van der Waals surface area contributed by atoms with Gasteiger partial charge in [0.2, 0.25) is 11.8 Å². The average Bonchev–Trinajstić information content (AvgIpc) is 3.00. The van der Waals surface area contributed by atoms with Crippen molar-refractivity contribution in [3.05, 3.63) is 0 Å². The van der Waals surface area contributed by atoms with Crippen molar-refractivity contribution in [2.24, 2.45) is 11.7 Å². The molecule has 1 aliphatic rings. The normalized spacial score (nSPS) is 18.8. The quantitative estimate of drug-likeness (QED) is 0.677. The molecule has 1 aliphatic carbocycles. The molecule has 0 aromatic rings. The van der Waals surface area contributed by atoms with Crippen LogP contribution in [0, 0.1) is 5.92 Å². The molecule has 1 rings (SSSR count). The number of nitrogens with one attached hydrogen (secondary N) is 1. The van der Waals surface area contributed by atoms with Gasteiger partial charge >= 0.3 is 0 Å². The lowest BCUT2D eigenvalue weighted by Crippen LogP contribution is -2.55. The molecule has 1 atom stereocenters. The van der Waals surface area contributed by atoms with Gasteiger partial charge in [0, 0.05) is 20.5 Å². The van der Waals surface area contributed by atoms with Gasteiger partial charge in [0.05, 0.1) is 12.1 Å². The van der Waals surface area contributed by atoms with E-state index in [0.29, 0.717) is 12.5 Å². The second kappa shape index (κ2) is 4.82. The third-order valence-electron chi connectivity index (χ3n) is 3.25. The zero-order valence-electron chi connectivity index (χ0n) is 10.2. The number of hydrogen-bond acceptors (Lipinski definition) is 3. The van der Waals surface area contributed by atoms with Crippen molar-refractivity contribution < 1.29 is 9.59 Å². The summed E-state index contributed by atoms with van der Waals surface area (Å²) < 4.78 is 0. The third-order valence-corrected chi connectivity index (χ3v) is 3.25. The highest BCUT2D eigenvalue weighted by atomic mass is 16.2. The summed E-state index contributed by atoms with van der Waals surface area (Å²) in [5.41, 5.74) is 5.38. The third kappa shape index (κ3) is 3.20. The number of hydrogen-bond donors (Lipinski definition) is 2. The predicted octanol–water partition coefficient (Wildman–Crippen LogP) is -0.292. The van der Waals surface area contributed by atoms with E-state index in [-0.39, 0.29) is 23.9 Å². The van der Waals surface area contributed by atoms with Crippen LogP contribution in [-0.2, 0) is 9.59 Å². The van der Waals surface area contributed by atoms with Gasteiger partial charge in [-0.25, -0.2) is 0 Å². The smallest absolute Gasteiger partial charge is 0.240 e. The first kappa shape index (κ1) is 13.0. The molecule has 0 aromatic heterocycles. The molecule has 0 heterocycles. The minimum atomic E-state index is -0.311.